The van der Waals surface area contributed by atoms with Crippen molar-refractivity contribution in [3.63, 3.8) is 0 Å². The molecule has 6 heteroatoms. The number of nitrogens with zero attached hydrogens (tertiary/aromatic N) is 1. The topological polar surface area (TPSA) is 38.8 Å². The molecule has 2 rings (SSSR count). The molecule has 0 unspecified atom stereocenters. The lowest BCUT2D eigenvalue weighted by Crippen LogP contribution is -2.35. The summed E-state index contributed by atoms with van der Waals surface area (Å²) in [4.78, 5) is 14.0. The molecule has 1 aliphatic heterocycles. The average Bonchev–Trinajstić information content (AvgIpc) is 2.94. The van der Waals surface area contributed by atoms with Crippen LogP contribution in [-0.4, -0.2) is 42.7 Å². The van der Waals surface area contributed by atoms with Gasteiger partial charge in [-0.25, -0.2) is 0 Å². The van der Waals surface area contributed by atoms with Crippen molar-refractivity contribution < 1.29 is 14.3 Å². The maximum Gasteiger partial charge on any atom is 0.241 e. The molecule has 4 nitrogen and oxygen atoms in total. The van der Waals surface area contributed by atoms with Crippen LogP contribution in [0.5, 0.6) is 11.5 Å². The molecule has 0 N–H and O–H groups in total. The molecule has 2 atom stereocenters. The Morgan fingerprint density at radius 2 is 2.20 bits per heavy atom. The fourth-order valence-electron chi connectivity index (χ4n) is 2.29. The number of carbonyl (C=O) groups is 1. The van der Waals surface area contributed by atoms with Gasteiger partial charge in [0.2, 0.25) is 5.91 Å². The highest BCUT2D eigenvalue weighted by Crippen LogP contribution is 2.45. The Morgan fingerprint density at radius 1 is 1.45 bits per heavy atom. The van der Waals surface area contributed by atoms with Crippen LogP contribution in [0.15, 0.2) is 18.2 Å². The summed E-state index contributed by atoms with van der Waals surface area (Å²) in [6.45, 7) is 2.40. The number of hydrogen-bond acceptors (Lipinski definition) is 4. The van der Waals surface area contributed by atoms with Gasteiger partial charge in [-0.15, -0.1) is 23.4 Å². The Hall–Kier alpha value is -1.07. The second-order valence-electron chi connectivity index (χ2n) is 4.45. The van der Waals surface area contributed by atoms with Crippen LogP contribution in [0.25, 0.3) is 0 Å². The lowest BCUT2D eigenvalue weighted by molar-refractivity contribution is -0.130. The average molecular weight is 316 g/mol. The molecule has 0 spiro atoms. The Kier molecular flexibility index (Phi) is 5.05. The molecule has 0 aliphatic carbocycles. The number of halogens is 1. The van der Waals surface area contributed by atoms with Crippen molar-refractivity contribution in [2.45, 2.75) is 17.7 Å². The Balaban J connectivity index is 2.37. The summed E-state index contributed by atoms with van der Waals surface area (Å²) in [5.74, 6) is 2.19. The number of carbonyl (C=O) groups excluding carboxylic acids is 1. The van der Waals surface area contributed by atoms with Gasteiger partial charge in [-0.05, 0) is 13.0 Å². The molecule has 1 aliphatic rings. The van der Waals surface area contributed by atoms with Gasteiger partial charge in [0.25, 0.3) is 0 Å². The number of amides is 1. The van der Waals surface area contributed by atoms with Gasteiger partial charge in [-0.1, -0.05) is 12.1 Å². The summed E-state index contributed by atoms with van der Waals surface area (Å²) in [6, 6.07) is 5.71. The molecular weight excluding hydrogens is 298 g/mol. The first kappa shape index (κ1) is 15.3. The number of rotatable bonds is 4. The number of alkyl halides is 1. The quantitative estimate of drug-likeness (QED) is 0.801. The van der Waals surface area contributed by atoms with E-state index in [-0.39, 0.29) is 11.3 Å². The van der Waals surface area contributed by atoms with Gasteiger partial charge in [-0.2, -0.15) is 0 Å². The van der Waals surface area contributed by atoms with Gasteiger partial charge >= 0.3 is 0 Å². The number of hydrogen-bond donors (Lipinski definition) is 0. The molecule has 1 fully saturated rings. The molecule has 1 heterocycles. The fraction of sp³-hybridized carbons (Fsp3) is 0.500. The molecule has 0 aromatic heterocycles. The van der Waals surface area contributed by atoms with E-state index in [4.69, 9.17) is 21.1 Å². The third kappa shape index (κ3) is 2.83. The lowest BCUT2D eigenvalue weighted by Gasteiger charge is -2.26. The molecule has 1 aromatic carbocycles. The zero-order chi connectivity index (χ0) is 14.7. The van der Waals surface area contributed by atoms with E-state index in [0.29, 0.717) is 18.0 Å². The van der Waals surface area contributed by atoms with Crippen LogP contribution < -0.4 is 9.47 Å². The van der Waals surface area contributed by atoms with Crippen molar-refractivity contribution in [1.29, 1.82) is 0 Å². The maximum atomic E-state index is 12.2. The Morgan fingerprint density at radius 3 is 2.80 bits per heavy atom. The number of benzene rings is 1. The van der Waals surface area contributed by atoms with Crippen molar-refractivity contribution in [2.75, 3.05) is 26.5 Å². The van der Waals surface area contributed by atoms with Crippen molar-refractivity contribution in [3.8, 4) is 11.5 Å². The minimum Gasteiger partial charge on any atom is -0.493 e. The number of para-hydroxylation sites is 1. The summed E-state index contributed by atoms with van der Waals surface area (Å²) in [5.41, 5.74) is 0.944. The predicted octanol–water partition coefficient (Wildman–Crippen LogP) is 2.91. The van der Waals surface area contributed by atoms with E-state index >= 15 is 0 Å². The molecule has 0 bridgehead atoms. The highest BCUT2D eigenvalue weighted by Gasteiger charge is 2.34. The first-order valence-electron chi connectivity index (χ1n) is 6.37. The summed E-state index contributed by atoms with van der Waals surface area (Å²) >= 11 is 7.65. The number of methoxy groups -OCH3 is 2. The van der Waals surface area contributed by atoms with E-state index in [1.165, 1.54) is 0 Å². The molecule has 0 saturated carbocycles. The normalized spacial score (nSPS) is 19.8. The van der Waals surface area contributed by atoms with Gasteiger partial charge in [-0.3, -0.25) is 4.79 Å². The zero-order valence-corrected chi connectivity index (χ0v) is 13.3. The van der Waals surface area contributed by atoms with Gasteiger partial charge in [0.1, 0.15) is 10.8 Å². The first-order valence-corrected chi connectivity index (χ1v) is 7.85. The minimum atomic E-state index is -0.521. The monoisotopic (exact) mass is 315 g/mol. The zero-order valence-electron chi connectivity index (χ0n) is 11.8. The smallest absolute Gasteiger partial charge is 0.241 e. The maximum absolute atomic E-state index is 12.2. The van der Waals surface area contributed by atoms with Crippen LogP contribution in [0.4, 0.5) is 0 Å². The van der Waals surface area contributed by atoms with E-state index in [9.17, 15) is 4.79 Å². The van der Waals surface area contributed by atoms with E-state index in [0.717, 1.165) is 11.3 Å². The number of thioether (sulfide) groups is 1. The molecule has 20 heavy (non-hydrogen) atoms. The second-order valence-corrected chi connectivity index (χ2v) is 6.30. The highest BCUT2D eigenvalue weighted by molar-refractivity contribution is 7.99. The molecule has 0 radical (unpaired) electrons. The molecular formula is C14H18ClNO3S. The highest BCUT2D eigenvalue weighted by atomic mass is 35.5. The molecule has 110 valence electrons. The van der Waals surface area contributed by atoms with E-state index < -0.39 is 5.38 Å². The van der Waals surface area contributed by atoms with E-state index in [1.54, 1.807) is 37.8 Å². The van der Waals surface area contributed by atoms with Crippen LogP contribution in [0.1, 0.15) is 17.9 Å². The SMILES string of the molecule is COc1cccc([C@H]2SCCN2C(=O)[C@@H](C)Cl)c1OC. The van der Waals surface area contributed by atoms with Crippen LogP contribution in [0.3, 0.4) is 0 Å². The lowest BCUT2D eigenvalue weighted by atomic mass is 10.1. The Labute approximate surface area is 128 Å². The van der Waals surface area contributed by atoms with Crippen LogP contribution in [-0.2, 0) is 4.79 Å². The van der Waals surface area contributed by atoms with Crippen molar-refractivity contribution in [2.24, 2.45) is 0 Å². The summed E-state index contributed by atoms with van der Waals surface area (Å²) < 4.78 is 10.8. The summed E-state index contributed by atoms with van der Waals surface area (Å²) in [6.07, 6.45) is 0. The standard InChI is InChI=1S/C14H18ClNO3S/c1-9(15)13(17)16-7-8-20-14(16)10-5-4-6-11(18-2)12(10)19-3/h4-6,9,14H,7-8H2,1-3H3/t9-,14-/m1/s1. The summed E-state index contributed by atoms with van der Waals surface area (Å²) in [7, 11) is 3.21. The third-order valence-electron chi connectivity index (χ3n) is 3.21. The molecule has 1 amide bonds. The second kappa shape index (κ2) is 6.59. The van der Waals surface area contributed by atoms with Gasteiger partial charge in [0.05, 0.1) is 14.2 Å². The van der Waals surface area contributed by atoms with Gasteiger partial charge in [0.15, 0.2) is 11.5 Å². The summed E-state index contributed by atoms with van der Waals surface area (Å²) in [5, 5.41) is -0.596. The molecule has 1 aromatic rings. The van der Waals surface area contributed by atoms with Gasteiger partial charge < -0.3 is 14.4 Å². The Bertz CT molecular complexity index is 495. The first-order chi connectivity index (χ1) is 9.60. The van der Waals surface area contributed by atoms with Crippen molar-refractivity contribution in [3.05, 3.63) is 23.8 Å². The van der Waals surface area contributed by atoms with E-state index in [1.807, 2.05) is 18.2 Å². The van der Waals surface area contributed by atoms with Crippen LogP contribution in [0.2, 0.25) is 0 Å². The fourth-order valence-corrected chi connectivity index (χ4v) is 3.69. The largest absolute Gasteiger partial charge is 0.493 e. The van der Waals surface area contributed by atoms with Gasteiger partial charge in [0, 0.05) is 17.9 Å². The van der Waals surface area contributed by atoms with Crippen molar-refractivity contribution >= 4 is 29.3 Å². The van der Waals surface area contributed by atoms with E-state index in [2.05, 4.69) is 0 Å². The van der Waals surface area contributed by atoms with Crippen LogP contribution in [0, 0.1) is 0 Å². The number of ether oxygens (including phenoxy) is 2. The van der Waals surface area contributed by atoms with Crippen LogP contribution >= 0.6 is 23.4 Å². The molecule has 1 saturated heterocycles. The van der Waals surface area contributed by atoms with Crippen molar-refractivity contribution in [1.82, 2.24) is 4.90 Å². The predicted molar refractivity (Wildman–Crippen MR) is 81.8 cm³/mol. The minimum absolute atomic E-state index is 0.0495. The third-order valence-corrected chi connectivity index (χ3v) is 4.64.